The average molecular weight is 815 g/mol. The van der Waals surface area contributed by atoms with Crippen LogP contribution in [0.5, 0.6) is 0 Å². The van der Waals surface area contributed by atoms with Gasteiger partial charge in [0, 0.05) is 39.0 Å². The van der Waals surface area contributed by atoms with Crippen molar-refractivity contribution < 1.29 is 0 Å². The van der Waals surface area contributed by atoms with Gasteiger partial charge in [0.2, 0.25) is 0 Å². The number of rotatable bonds is 7. The van der Waals surface area contributed by atoms with Gasteiger partial charge < -0.3 is 0 Å². The first-order chi connectivity index (χ1) is 31.7. The maximum absolute atomic E-state index is 5.38. The fraction of sp³-hybridized carbons (Fsp3) is 0. The Kier molecular flexibility index (Phi) is 9.12. The Morgan fingerprint density at radius 1 is 0.281 bits per heavy atom. The zero-order valence-electron chi connectivity index (χ0n) is 34.7. The summed E-state index contributed by atoms with van der Waals surface area (Å²) in [6, 6.07) is 79.4. The summed E-state index contributed by atoms with van der Waals surface area (Å²) < 4.78 is 0. The molecule has 4 heteroatoms. The van der Waals surface area contributed by atoms with E-state index in [0.717, 1.165) is 78.0 Å². The largest absolute Gasteiger partial charge is 0.253 e. The Hall–Kier alpha value is -8.60. The second kappa shape index (κ2) is 15.7. The molecule has 3 aromatic heterocycles. The summed E-state index contributed by atoms with van der Waals surface area (Å²) in [6.07, 6.45) is 1.79. The van der Waals surface area contributed by atoms with Gasteiger partial charge in [-0.2, -0.15) is 0 Å². The van der Waals surface area contributed by atoms with E-state index in [2.05, 4.69) is 205 Å². The lowest BCUT2D eigenvalue weighted by Crippen LogP contribution is -1.97. The van der Waals surface area contributed by atoms with Crippen molar-refractivity contribution in [3.8, 4) is 78.7 Å². The number of para-hydroxylation sites is 1. The number of benzene rings is 9. The van der Waals surface area contributed by atoms with Crippen LogP contribution in [0.1, 0.15) is 0 Å². The number of hydrogen-bond acceptors (Lipinski definition) is 4. The van der Waals surface area contributed by atoms with E-state index >= 15 is 0 Å². The maximum atomic E-state index is 5.38. The molecule has 0 aliphatic carbocycles. The monoisotopic (exact) mass is 814 g/mol. The number of hydrogen-bond donors (Lipinski definition) is 0. The van der Waals surface area contributed by atoms with E-state index in [4.69, 9.17) is 15.0 Å². The Bertz CT molecular complexity index is 3710. The molecule has 298 valence electrons. The number of aromatic nitrogens is 4. The highest BCUT2D eigenvalue weighted by Gasteiger charge is 2.18. The lowest BCUT2D eigenvalue weighted by atomic mass is 9.89. The topological polar surface area (TPSA) is 51.6 Å². The minimum Gasteiger partial charge on any atom is -0.253 e. The van der Waals surface area contributed by atoms with E-state index in [1.54, 1.807) is 6.20 Å². The van der Waals surface area contributed by atoms with Crippen LogP contribution in [0, 0.1) is 0 Å². The molecule has 0 bridgehead atoms. The van der Waals surface area contributed by atoms with Crippen molar-refractivity contribution in [3.63, 3.8) is 0 Å². The van der Waals surface area contributed by atoms with Crippen molar-refractivity contribution in [3.05, 3.63) is 231 Å². The molecule has 0 spiro atoms. The van der Waals surface area contributed by atoms with Crippen LogP contribution in [0.25, 0.3) is 122 Å². The first kappa shape index (κ1) is 37.2. The molecule has 12 rings (SSSR count). The molecule has 4 nitrogen and oxygen atoms in total. The van der Waals surface area contributed by atoms with Gasteiger partial charge in [-0.3, -0.25) is 4.98 Å². The molecule has 0 amide bonds. The molecule has 9 aromatic carbocycles. The van der Waals surface area contributed by atoms with Crippen molar-refractivity contribution in [2.75, 3.05) is 0 Å². The molecule has 0 radical (unpaired) electrons. The molecule has 0 unspecified atom stereocenters. The molecule has 0 saturated carbocycles. The lowest BCUT2D eigenvalue weighted by molar-refractivity contribution is 1.15. The Labute approximate surface area is 370 Å². The maximum Gasteiger partial charge on any atom is 0.179 e. The summed E-state index contributed by atoms with van der Waals surface area (Å²) in [4.78, 5) is 20.2. The van der Waals surface area contributed by atoms with Crippen LogP contribution in [-0.4, -0.2) is 19.9 Å². The van der Waals surface area contributed by atoms with Crippen LogP contribution in [0.3, 0.4) is 0 Å². The van der Waals surface area contributed by atoms with Gasteiger partial charge in [0.15, 0.2) is 5.82 Å². The molecule has 64 heavy (non-hydrogen) atoms. The zero-order valence-corrected chi connectivity index (χ0v) is 34.7. The average Bonchev–Trinajstić information content (AvgIpc) is 3.38. The predicted molar refractivity (Wildman–Crippen MR) is 266 cm³/mol. The molecule has 0 aliphatic heterocycles. The SMILES string of the molecule is c1ccc(-c2ccc(-c3cc(-c4cccc(-c5cccc(-c6cc7c(-c8ccc9ccccc9c8)nc8ccccc8c7c7ccccc67)c5)c4)nc(-c4ccccn4)n3)cc2)cc1. The molecule has 0 saturated heterocycles. The lowest BCUT2D eigenvalue weighted by Gasteiger charge is -2.17. The van der Waals surface area contributed by atoms with Crippen LogP contribution in [0.15, 0.2) is 231 Å². The second-order valence-electron chi connectivity index (χ2n) is 16.2. The quantitative estimate of drug-likeness (QED) is 0.150. The second-order valence-corrected chi connectivity index (χ2v) is 16.2. The van der Waals surface area contributed by atoms with Crippen molar-refractivity contribution in [2.45, 2.75) is 0 Å². The van der Waals surface area contributed by atoms with Crippen molar-refractivity contribution >= 4 is 43.2 Å². The number of nitrogens with zero attached hydrogens (tertiary/aromatic N) is 4. The van der Waals surface area contributed by atoms with Crippen LogP contribution in [0.4, 0.5) is 0 Å². The highest BCUT2D eigenvalue weighted by molar-refractivity contribution is 6.25. The summed E-state index contributed by atoms with van der Waals surface area (Å²) in [5, 5.41) is 8.33. The van der Waals surface area contributed by atoms with Gasteiger partial charge in [0.1, 0.15) is 5.69 Å². The first-order valence-electron chi connectivity index (χ1n) is 21.6. The fourth-order valence-corrected chi connectivity index (χ4v) is 9.15. The third-order valence-corrected chi connectivity index (χ3v) is 12.3. The Morgan fingerprint density at radius 2 is 0.875 bits per heavy atom. The van der Waals surface area contributed by atoms with Gasteiger partial charge in [-0.25, -0.2) is 15.0 Å². The van der Waals surface area contributed by atoms with E-state index in [1.165, 1.54) is 38.1 Å². The first-order valence-corrected chi connectivity index (χ1v) is 21.6. The van der Waals surface area contributed by atoms with Gasteiger partial charge in [-0.05, 0) is 103 Å². The van der Waals surface area contributed by atoms with E-state index in [9.17, 15) is 0 Å². The smallest absolute Gasteiger partial charge is 0.179 e. The molecule has 0 fully saturated rings. The minimum absolute atomic E-state index is 0.584. The van der Waals surface area contributed by atoms with Crippen molar-refractivity contribution in [1.29, 1.82) is 0 Å². The van der Waals surface area contributed by atoms with Crippen LogP contribution in [-0.2, 0) is 0 Å². The van der Waals surface area contributed by atoms with Crippen LogP contribution >= 0.6 is 0 Å². The molecular weight excluding hydrogens is 777 g/mol. The minimum atomic E-state index is 0.584. The van der Waals surface area contributed by atoms with E-state index in [1.807, 2.05) is 24.3 Å². The molecule has 0 aliphatic rings. The van der Waals surface area contributed by atoms with Gasteiger partial charge in [-0.1, -0.05) is 176 Å². The fourth-order valence-electron chi connectivity index (χ4n) is 9.15. The van der Waals surface area contributed by atoms with Crippen LogP contribution < -0.4 is 0 Å². The van der Waals surface area contributed by atoms with E-state index in [-0.39, 0.29) is 0 Å². The van der Waals surface area contributed by atoms with Gasteiger partial charge in [0.25, 0.3) is 0 Å². The third kappa shape index (κ3) is 6.75. The predicted octanol–water partition coefficient (Wildman–Crippen LogP) is 15.5. The third-order valence-electron chi connectivity index (χ3n) is 12.3. The summed E-state index contributed by atoms with van der Waals surface area (Å²) in [5.41, 5.74) is 14.3. The van der Waals surface area contributed by atoms with Gasteiger partial charge in [0.05, 0.1) is 22.6 Å². The summed E-state index contributed by atoms with van der Waals surface area (Å²) >= 11 is 0. The van der Waals surface area contributed by atoms with Gasteiger partial charge >= 0.3 is 0 Å². The molecular formula is C60H38N4. The highest BCUT2D eigenvalue weighted by Crippen LogP contribution is 2.43. The molecule has 12 aromatic rings. The number of pyridine rings is 2. The van der Waals surface area contributed by atoms with Gasteiger partial charge in [-0.15, -0.1) is 0 Å². The van der Waals surface area contributed by atoms with E-state index < -0.39 is 0 Å². The normalized spacial score (nSPS) is 11.4. The molecule has 0 N–H and O–H groups in total. The van der Waals surface area contributed by atoms with E-state index in [0.29, 0.717) is 5.82 Å². The summed E-state index contributed by atoms with van der Waals surface area (Å²) in [6.45, 7) is 0. The summed E-state index contributed by atoms with van der Waals surface area (Å²) in [5.74, 6) is 0.584. The van der Waals surface area contributed by atoms with Crippen LogP contribution in [0.2, 0.25) is 0 Å². The zero-order chi connectivity index (χ0) is 42.4. The molecule has 3 heterocycles. The standard InChI is InChI=1S/C60H38N4/c1-2-14-39(15-3-1)41-27-30-42(31-28-41)56-38-57(64-60(63-56)55-26-10-11-33-61-55)47-21-13-19-45(35-47)44-18-12-20-46(34-44)52-37-53-58(50-23-7-6-22-49(50)52)51-24-8-9-25-54(51)62-59(53)48-32-29-40-16-4-5-17-43(40)36-48/h1-38H. The Morgan fingerprint density at radius 3 is 1.67 bits per heavy atom. The summed E-state index contributed by atoms with van der Waals surface area (Å²) in [7, 11) is 0. The van der Waals surface area contributed by atoms with Crippen molar-refractivity contribution in [1.82, 2.24) is 19.9 Å². The van der Waals surface area contributed by atoms with Crippen molar-refractivity contribution in [2.24, 2.45) is 0 Å². The molecule has 0 atom stereocenters. The highest BCUT2D eigenvalue weighted by atomic mass is 14.9. The Balaban J connectivity index is 0.983. The number of fused-ring (bicyclic) bond motifs is 6.